The molecule has 1 amide bonds. The van der Waals surface area contributed by atoms with Crippen LogP contribution in [-0.2, 0) is 0 Å². The van der Waals surface area contributed by atoms with Crippen LogP contribution in [0.25, 0.3) is 0 Å². The van der Waals surface area contributed by atoms with Gasteiger partial charge in [-0.15, -0.1) is 12.8 Å². The number of hydrogen-bond acceptors (Lipinski definition) is 4. The standard InChI is InChI=1S/C15H16N2O3/c1-3-7-19-13-9-12(15(18)17-6-5-16)10-14(11-13)20-8-4-2/h1-2,9-11H,5-8,16H2,(H,17,18). The van der Waals surface area contributed by atoms with Gasteiger partial charge in [0.15, 0.2) is 0 Å². The lowest BCUT2D eigenvalue weighted by molar-refractivity contribution is 0.0954. The number of hydrogen-bond donors (Lipinski definition) is 2. The molecule has 104 valence electrons. The maximum absolute atomic E-state index is 11.9. The smallest absolute Gasteiger partial charge is 0.251 e. The number of nitrogens with one attached hydrogen (secondary N) is 1. The van der Waals surface area contributed by atoms with Crippen molar-refractivity contribution in [3.05, 3.63) is 23.8 Å². The van der Waals surface area contributed by atoms with Gasteiger partial charge in [0.25, 0.3) is 5.91 Å². The minimum Gasteiger partial charge on any atom is -0.481 e. The Hall–Kier alpha value is -2.63. The monoisotopic (exact) mass is 272 g/mol. The molecule has 0 fully saturated rings. The van der Waals surface area contributed by atoms with E-state index in [-0.39, 0.29) is 19.1 Å². The first-order chi connectivity index (χ1) is 9.71. The fourth-order valence-electron chi connectivity index (χ4n) is 1.41. The molecule has 0 aromatic heterocycles. The number of carbonyl (C=O) groups excluding carboxylic acids is 1. The predicted molar refractivity (Wildman–Crippen MR) is 76.5 cm³/mol. The molecule has 0 bridgehead atoms. The van der Waals surface area contributed by atoms with E-state index in [1.165, 1.54) is 0 Å². The molecule has 0 unspecified atom stereocenters. The van der Waals surface area contributed by atoms with Gasteiger partial charge in [0.1, 0.15) is 24.7 Å². The van der Waals surface area contributed by atoms with Gasteiger partial charge in [-0.1, -0.05) is 11.8 Å². The van der Waals surface area contributed by atoms with Gasteiger partial charge in [-0.2, -0.15) is 0 Å². The van der Waals surface area contributed by atoms with Crippen LogP contribution in [0.2, 0.25) is 0 Å². The SMILES string of the molecule is C#CCOc1cc(OCC#C)cc(C(=O)NCCN)c1. The molecular formula is C15H16N2O3. The summed E-state index contributed by atoms with van der Waals surface area (Å²) >= 11 is 0. The Labute approximate surface area is 118 Å². The molecule has 0 radical (unpaired) electrons. The first kappa shape index (κ1) is 15.4. The summed E-state index contributed by atoms with van der Waals surface area (Å²) in [6.07, 6.45) is 10.3. The van der Waals surface area contributed by atoms with Crippen LogP contribution < -0.4 is 20.5 Å². The molecule has 5 nitrogen and oxygen atoms in total. The van der Waals surface area contributed by atoms with Crippen LogP contribution in [0, 0.1) is 24.7 Å². The molecule has 0 atom stereocenters. The van der Waals surface area contributed by atoms with Gasteiger partial charge >= 0.3 is 0 Å². The maximum atomic E-state index is 11.9. The number of terminal acetylenes is 2. The molecule has 0 saturated heterocycles. The fraction of sp³-hybridized carbons (Fsp3) is 0.267. The quantitative estimate of drug-likeness (QED) is 0.705. The van der Waals surface area contributed by atoms with Crippen molar-refractivity contribution in [2.24, 2.45) is 5.73 Å². The summed E-state index contributed by atoms with van der Waals surface area (Å²) in [4.78, 5) is 11.9. The fourth-order valence-corrected chi connectivity index (χ4v) is 1.41. The van der Waals surface area contributed by atoms with E-state index < -0.39 is 0 Å². The van der Waals surface area contributed by atoms with Gasteiger partial charge in [-0.05, 0) is 12.1 Å². The topological polar surface area (TPSA) is 73.6 Å². The average molecular weight is 272 g/mol. The minimum atomic E-state index is -0.271. The first-order valence-corrected chi connectivity index (χ1v) is 5.97. The third kappa shape index (κ3) is 4.93. The Morgan fingerprint density at radius 1 is 1.15 bits per heavy atom. The molecule has 3 N–H and O–H groups in total. The van der Waals surface area contributed by atoms with Crippen molar-refractivity contribution in [1.82, 2.24) is 5.32 Å². The normalized spacial score (nSPS) is 9.15. The summed E-state index contributed by atoms with van der Waals surface area (Å²) in [7, 11) is 0. The van der Waals surface area contributed by atoms with Gasteiger partial charge < -0.3 is 20.5 Å². The zero-order valence-corrected chi connectivity index (χ0v) is 11.0. The number of ether oxygens (including phenoxy) is 2. The molecule has 0 aliphatic heterocycles. The van der Waals surface area contributed by atoms with Crippen molar-refractivity contribution in [3.63, 3.8) is 0 Å². The van der Waals surface area contributed by atoms with E-state index in [9.17, 15) is 4.79 Å². The lowest BCUT2D eigenvalue weighted by atomic mass is 10.2. The zero-order chi connectivity index (χ0) is 14.8. The van der Waals surface area contributed by atoms with Crippen molar-refractivity contribution < 1.29 is 14.3 Å². The van der Waals surface area contributed by atoms with Crippen LogP contribution in [0.1, 0.15) is 10.4 Å². The second kappa shape index (κ2) is 8.47. The van der Waals surface area contributed by atoms with Crippen LogP contribution in [-0.4, -0.2) is 32.2 Å². The van der Waals surface area contributed by atoms with E-state index in [0.29, 0.717) is 30.2 Å². The van der Waals surface area contributed by atoms with E-state index >= 15 is 0 Å². The van der Waals surface area contributed by atoms with E-state index in [1.54, 1.807) is 18.2 Å². The molecule has 0 saturated carbocycles. The van der Waals surface area contributed by atoms with Gasteiger partial charge in [0.05, 0.1) is 0 Å². The van der Waals surface area contributed by atoms with Crippen molar-refractivity contribution >= 4 is 5.91 Å². The van der Waals surface area contributed by atoms with Crippen LogP contribution in [0.4, 0.5) is 0 Å². The maximum Gasteiger partial charge on any atom is 0.251 e. The second-order valence-electron chi connectivity index (χ2n) is 3.72. The highest BCUT2D eigenvalue weighted by atomic mass is 16.5. The lowest BCUT2D eigenvalue weighted by Gasteiger charge is -2.10. The van der Waals surface area contributed by atoms with Crippen molar-refractivity contribution in [2.75, 3.05) is 26.3 Å². The Kier molecular flexibility index (Phi) is 6.53. The summed E-state index contributed by atoms with van der Waals surface area (Å²) in [5.74, 6) is 5.31. The molecule has 1 aromatic rings. The summed E-state index contributed by atoms with van der Waals surface area (Å²) in [6.45, 7) is 0.944. The Morgan fingerprint density at radius 2 is 1.70 bits per heavy atom. The van der Waals surface area contributed by atoms with Gasteiger partial charge in [0.2, 0.25) is 0 Å². The first-order valence-electron chi connectivity index (χ1n) is 5.97. The number of rotatable bonds is 7. The highest BCUT2D eigenvalue weighted by molar-refractivity contribution is 5.95. The molecule has 0 aliphatic rings. The molecule has 5 heteroatoms. The van der Waals surface area contributed by atoms with E-state index in [0.717, 1.165) is 0 Å². The van der Waals surface area contributed by atoms with Crippen LogP contribution in [0.15, 0.2) is 18.2 Å². The van der Waals surface area contributed by atoms with Crippen molar-refractivity contribution in [2.45, 2.75) is 0 Å². The molecular weight excluding hydrogens is 256 g/mol. The summed E-state index contributed by atoms with van der Waals surface area (Å²) in [5, 5.41) is 2.66. The minimum absolute atomic E-state index is 0.0997. The van der Waals surface area contributed by atoms with E-state index in [1.807, 2.05) is 0 Å². The van der Waals surface area contributed by atoms with Gasteiger partial charge in [-0.3, -0.25) is 4.79 Å². The third-order valence-corrected chi connectivity index (χ3v) is 2.22. The number of carbonyl (C=O) groups is 1. The van der Waals surface area contributed by atoms with Gasteiger partial charge in [0, 0.05) is 24.7 Å². The van der Waals surface area contributed by atoms with Crippen LogP contribution in [0.3, 0.4) is 0 Å². The Balaban J connectivity index is 2.93. The highest BCUT2D eigenvalue weighted by Crippen LogP contribution is 2.23. The van der Waals surface area contributed by atoms with Crippen molar-refractivity contribution in [3.8, 4) is 36.2 Å². The largest absolute Gasteiger partial charge is 0.481 e. The van der Waals surface area contributed by atoms with Crippen molar-refractivity contribution in [1.29, 1.82) is 0 Å². The average Bonchev–Trinajstić information content (AvgIpc) is 2.48. The highest BCUT2D eigenvalue weighted by Gasteiger charge is 2.09. The lowest BCUT2D eigenvalue weighted by Crippen LogP contribution is -2.29. The Bertz CT molecular complexity index is 505. The zero-order valence-electron chi connectivity index (χ0n) is 11.0. The second-order valence-corrected chi connectivity index (χ2v) is 3.72. The van der Waals surface area contributed by atoms with E-state index in [2.05, 4.69) is 17.2 Å². The number of benzene rings is 1. The summed E-state index contributed by atoms with van der Waals surface area (Å²) < 4.78 is 10.6. The molecule has 0 spiro atoms. The predicted octanol–water partition coefficient (Wildman–Crippen LogP) is 0.399. The summed E-state index contributed by atoms with van der Waals surface area (Å²) in [6, 6.07) is 4.77. The number of amides is 1. The number of nitrogens with two attached hydrogens (primary N) is 1. The summed E-state index contributed by atoms with van der Waals surface area (Å²) in [5.41, 5.74) is 5.73. The Morgan fingerprint density at radius 3 is 2.15 bits per heavy atom. The molecule has 0 aliphatic carbocycles. The molecule has 1 aromatic carbocycles. The van der Waals surface area contributed by atoms with Crippen LogP contribution in [0.5, 0.6) is 11.5 Å². The van der Waals surface area contributed by atoms with E-state index in [4.69, 9.17) is 28.1 Å². The third-order valence-electron chi connectivity index (χ3n) is 2.22. The van der Waals surface area contributed by atoms with Crippen LogP contribution >= 0.6 is 0 Å². The van der Waals surface area contributed by atoms with Gasteiger partial charge in [-0.25, -0.2) is 0 Å². The molecule has 20 heavy (non-hydrogen) atoms. The molecule has 0 heterocycles. The molecule has 1 rings (SSSR count).